The number of nitrogens with zero attached hydrogens (tertiary/aromatic N) is 2. The second-order valence-corrected chi connectivity index (χ2v) is 5.52. The molecule has 2 amide bonds. The maximum absolute atomic E-state index is 11.9. The van der Waals surface area contributed by atoms with Crippen molar-refractivity contribution in [2.24, 2.45) is 11.7 Å². The highest BCUT2D eigenvalue weighted by Crippen LogP contribution is 2.20. The number of nitrogens with two attached hydrogens (primary N) is 1. The van der Waals surface area contributed by atoms with Crippen molar-refractivity contribution in [3.8, 4) is 0 Å². The lowest BCUT2D eigenvalue weighted by Crippen LogP contribution is -2.53. The van der Waals surface area contributed by atoms with Crippen LogP contribution in [0.15, 0.2) is 0 Å². The van der Waals surface area contributed by atoms with Gasteiger partial charge in [-0.1, -0.05) is 0 Å². The Kier molecular flexibility index (Phi) is 4.14. The minimum atomic E-state index is -0.821. The van der Waals surface area contributed by atoms with E-state index in [2.05, 4.69) is 0 Å². The molecule has 0 radical (unpaired) electrons. The number of rotatable bonds is 2. The Bertz CT molecular complexity index is 299. The van der Waals surface area contributed by atoms with Crippen LogP contribution in [0.2, 0.25) is 0 Å². The van der Waals surface area contributed by atoms with Gasteiger partial charge < -0.3 is 15.5 Å². The summed E-state index contributed by atoms with van der Waals surface area (Å²) in [6.07, 6.45) is 1.47. The predicted octanol–water partition coefficient (Wildman–Crippen LogP) is 0.0505. The summed E-state index contributed by atoms with van der Waals surface area (Å²) < 4.78 is 0. The van der Waals surface area contributed by atoms with Crippen LogP contribution in [-0.4, -0.2) is 54.3 Å². The molecule has 1 rings (SSSR count). The van der Waals surface area contributed by atoms with E-state index in [0.717, 1.165) is 12.8 Å². The minimum absolute atomic E-state index is 0.0340. The Hall–Kier alpha value is -1.10. The fourth-order valence-electron chi connectivity index (χ4n) is 2.10. The van der Waals surface area contributed by atoms with Crippen molar-refractivity contribution < 1.29 is 9.59 Å². The average molecular weight is 241 g/mol. The van der Waals surface area contributed by atoms with Gasteiger partial charge in [-0.25, -0.2) is 0 Å². The molecule has 0 atom stereocenters. The summed E-state index contributed by atoms with van der Waals surface area (Å²) in [6, 6.07) is 0. The van der Waals surface area contributed by atoms with E-state index in [-0.39, 0.29) is 17.7 Å². The van der Waals surface area contributed by atoms with E-state index < -0.39 is 5.54 Å². The van der Waals surface area contributed by atoms with Gasteiger partial charge in [-0.3, -0.25) is 9.59 Å². The van der Waals surface area contributed by atoms with Crippen molar-refractivity contribution in [3.63, 3.8) is 0 Å². The molecule has 5 heteroatoms. The van der Waals surface area contributed by atoms with Gasteiger partial charge >= 0.3 is 0 Å². The monoisotopic (exact) mass is 241 g/mol. The van der Waals surface area contributed by atoms with Crippen LogP contribution in [0.3, 0.4) is 0 Å². The predicted molar refractivity (Wildman–Crippen MR) is 66.3 cm³/mol. The van der Waals surface area contributed by atoms with Gasteiger partial charge in [-0.05, 0) is 26.7 Å². The normalized spacial score (nSPS) is 18.1. The number of carbonyl (C=O) groups excluding carboxylic acids is 2. The number of piperidine rings is 1. The van der Waals surface area contributed by atoms with Crippen molar-refractivity contribution in [1.82, 2.24) is 9.80 Å². The van der Waals surface area contributed by atoms with Gasteiger partial charge in [0.1, 0.15) is 0 Å². The lowest BCUT2D eigenvalue weighted by molar-refractivity contribution is -0.141. The van der Waals surface area contributed by atoms with E-state index in [0.29, 0.717) is 13.1 Å². The molecule has 98 valence electrons. The molecular formula is C12H23N3O2. The van der Waals surface area contributed by atoms with Crippen LogP contribution in [0.25, 0.3) is 0 Å². The van der Waals surface area contributed by atoms with E-state index in [1.165, 1.54) is 0 Å². The van der Waals surface area contributed by atoms with Crippen LogP contribution in [0, 0.1) is 5.92 Å². The summed E-state index contributed by atoms with van der Waals surface area (Å²) in [4.78, 5) is 27.1. The highest BCUT2D eigenvalue weighted by molar-refractivity contribution is 5.85. The third kappa shape index (κ3) is 3.43. The lowest BCUT2D eigenvalue weighted by atomic mass is 9.94. The van der Waals surface area contributed by atoms with Gasteiger partial charge in [-0.2, -0.15) is 0 Å². The second-order valence-electron chi connectivity index (χ2n) is 5.52. The Morgan fingerprint density at radius 1 is 1.24 bits per heavy atom. The maximum Gasteiger partial charge on any atom is 0.242 e. The third-order valence-electron chi connectivity index (χ3n) is 3.12. The number of likely N-dealkylation sites (tertiary alicyclic amines) is 1. The van der Waals surface area contributed by atoms with Crippen molar-refractivity contribution in [1.29, 1.82) is 0 Å². The molecule has 2 N–H and O–H groups in total. The first-order chi connectivity index (χ1) is 7.73. The molecule has 1 fully saturated rings. The summed E-state index contributed by atoms with van der Waals surface area (Å²) in [5.41, 5.74) is 4.97. The molecule has 1 aliphatic heterocycles. The van der Waals surface area contributed by atoms with Gasteiger partial charge in [0.05, 0.1) is 5.54 Å². The molecule has 0 bridgehead atoms. The molecule has 1 heterocycles. The van der Waals surface area contributed by atoms with Crippen molar-refractivity contribution in [2.75, 3.05) is 27.2 Å². The Labute approximate surface area is 103 Å². The summed E-state index contributed by atoms with van der Waals surface area (Å²) in [7, 11) is 3.53. The van der Waals surface area contributed by atoms with Crippen molar-refractivity contribution >= 4 is 11.8 Å². The highest BCUT2D eigenvalue weighted by Gasteiger charge is 2.33. The number of amides is 2. The summed E-state index contributed by atoms with van der Waals surface area (Å²) in [5, 5.41) is 0. The number of carbonyl (C=O) groups is 2. The van der Waals surface area contributed by atoms with E-state index in [4.69, 9.17) is 5.73 Å². The van der Waals surface area contributed by atoms with Crippen LogP contribution >= 0.6 is 0 Å². The minimum Gasteiger partial charge on any atom is -0.349 e. The maximum atomic E-state index is 11.9. The van der Waals surface area contributed by atoms with Crippen LogP contribution in [0.1, 0.15) is 26.7 Å². The van der Waals surface area contributed by atoms with Gasteiger partial charge in [0.2, 0.25) is 11.8 Å². The molecule has 1 saturated heterocycles. The van der Waals surface area contributed by atoms with Gasteiger partial charge in [0.25, 0.3) is 0 Å². The number of hydrogen-bond acceptors (Lipinski definition) is 3. The number of hydrogen-bond donors (Lipinski definition) is 1. The van der Waals surface area contributed by atoms with Gasteiger partial charge in [0, 0.05) is 33.1 Å². The van der Waals surface area contributed by atoms with Crippen LogP contribution < -0.4 is 5.73 Å². The smallest absolute Gasteiger partial charge is 0.242 e. The third-order valence-corrected chi connectivity index (χ3v) is 3.12. The quantitative estimate of drug-likeness (QED) is 0.743. The van der Waals surface area contributed by atoms with Crippen LogP contribution in [0.5, 0.6) is 0 Å². The Balaban J connectivity index is 2.52. The van der Waals surface area contributed by atoms with E-state index in [1.807, 2.05) is 0 Å². The second kappa shape index (κ2) is 5.04. The topological polar surface area (TPSA) is 66.6 Å². The van der Waals surface area contributed by atoms with Crippen molar-refractivity contribution in [2.45, 2.75) is 32.2 Å². The molecule has 0 aromatic rings. The first-order valence-corrected chi connectivity index (χ1v) is 6.03. The molecule has 0 unspecified atom stereocenters. The van der Waals surface area contributed by atoms with Gasteiger partial charge in [-0.15, -0.1) is 0 Å². The first-order valence-electron chi connectivity index (χ1n) is 6.03. The molecule has 1 aliphatic rings. The largest absolute Gasteiger partial charge is 0.349 e. The lowest BCUT2D eigenvalue weighted by Gasteiger charge is -2.35. The van der Waals surface area contributed by atoms with Crippen LogP contribution in [-0.2, 0) is 9.59 Å². The highest BCUT2D eigenvalue weighted by atomic mass is 16.2. The molecule has 17 heavy (non-hydrogen) atoms. The fraction of sp³-hybridized carbons (Fsp3) is 0.833. The van der Waals surface area contributed by atoms with Crippen LogP contribution in [0.4, 0.5) is 0 Å². The van der Waals surface area contributed by atoms with E-state index in [9.17, 15) is 9.59 Å². The fourth-order valence-corrected chi connectivity index (χ4v) is 2.10. The molecule has 5 nitrogen and oxygen atoms in total. The molecule has 0 saturated carbocycles. The molecule has 0 aromatic carbocycles. The SMILES string of the molecule is CN(C)C(=O)C1CCN(C(=O)C(C)(C)N)CC1. The standard InChI is InChI=1S/C12H23N3O2/c1-12(2,13)11(17)15-7-5-9(6-8-15)10(16)14(3)4/h9H,5-8,13H2,1-4H3. The Morgan fingerprint density at radius 3 is 2.06 bits per heavy atom. The Morgan fingerprint density at radius 2 is 1.71 bits per heavy atom. The first kappa shape index (κ1) is 14.0. The molecule has 0 aromatic heterocycles. The molecule has 0 aliphatic carbocycles. The summed E-state index contributed by atoms with van der Waals surface area (Å²) in [6.45, 7) is 4.69. The zero-order valence-electron chi connectivity index (χ0n) is 11.2. The van der Waals surface area contributed by atoms with Crippen molar-refractivity contribution in [3.05, 3.63) is 0 Å². The zero-order chi connectivity index (χ0) is 13.2. The average Bonchev–Trinajstić information content (AvgIpc) is 2.26. The molecular weight excluding hydrogens is 218 g/mol. The summed E-state index contributed by atoms with van der Waals surface area (Å²) in [5.74, 6) is 0.173. The van der Waals surface area contributed by atoms with E-state index in [1.54, 1.807) is 37.7 Å². The molecule has 0 spiro atoms. The van der Waals surface area contributed by atoms with Gasteiger partial charge in [0.15, 0.2) is 0 Å². The van der Waals surface area contributed by atoms with E-state index >= 15 is 0 Å². The summed E-state index contributed by atoms with van der Waals surface area (Å²) >= 11 is 0. The zero-order valence-corrected chi connectivity index (χ0v) is 11.2.